The molecule has 2 aliphatic carbocycles. The van der Waals surface area contributed by atoms with Crippen molar-refractivity contribution in [2.45, 2.75) is 54.9 Å². The molecule has 2 saturated heterocycles. The molecular weight excluding hydrogens is 540 g/mol. The average molecular weight is 577 g/mol. The number of hydrogen-bond donors (Lipinski definition) is 1. The van der Waals surface area contributed by atoms with Gasteiger partial charge in [-0.2, -0.15) is 0 Å². The SMILES string of the molecule is COc1cc(C(=O)N(C)C2CCOCC2)cc(OC)c1SNc1noc2c1CC1(CC1)c1ccc(N3CCC3)cc1-2. The minimum absolute atomic E-state index is 0.0606. The Morgan fingerprint density at radius 3 is 2.49 bits per heavy atom. The summed E-state index contributed by atoms with van der Waals surface area (Å²) < 4.78 is 26.4. The summed E-state index contributed by atoms with van der Waals surface area (Å²) in [4.78, 5) is 18.3. The lowest BCUT2D eigenvalue weighted by atomic mass is 9.79. The van der Waals surface area contributed by atoms with Crippen LogP contribution < -0.4 is 19.1 Å². The van der Waals surface area contributed by atoms with Gasteiger partial charge in [0, 0.05) is 67.2 Å². The predicted molar refractivity (Wildman–Crippen MR) is 158 cm³/mol. The number of nitrogens with zero attached hydrogens (tertiary/aromatic N) is 3. The van der Waals surface area contributed by atoms with Crippen LogP contribution in [0.1, 0.15) is 53.6 Å². The number of fused-ring (bicyclic) bond motifs is 4. The summed E-state index contributed by atoms with van der Waals surface area (Å²) in [5.41, 5.74) is 5.64. The molecule has 1 spiro atoms. The third kappa shape index (κ3) is 4.61. The van der Waals surface area contributed by atoms with Crippen molar-refractivity contribution in [1.82, 2.24) is 10.1 Å². The smallest absolute Gasteiger partial charge is 0.254 e. The molecule has 216 valence electrons. The molecular formula is C31H36N4O5S. The van der Waals surface area contributed by atoms with Crippen molar-refractivity contribution in [3.8, 4) is 22.8 Å². The number of ether oxygens (including phenoxy) is 3. The molecule has 7 rings (SSSR count). The zero-order valence-electron chi connectivity index (χ0n) is 23.8. The third-order valence-electron chi connectivity index (χ3n) is 9.21. The first-order chi connectivity index (χ1) is 20.0. The number of aromatic nitrogens is 1. The Labute approximate surface area is 244 Å². The molecule has 3 heterocycles. The Bertz CT molecular complexity index is 1450. The Balaban J connectivity index is 1.15. The maximum Gasteiger partial charge on any atom is 0.254 e. The van der Waals surface area contributed by atoms with E-state index in [1.165, 1.54) is 48.0 Å². The molecule has 0 bridgehead atoms. The number of nitrogens with one attached hydrogen (secondary N) is 1. The highest BCUT2D eigenvalue weighted by Gasteiger charge is 2.50. The van der Waals surface area contributed by atoms with Crippen LogP contribution in [0, 0.1) is 0 Å². The number of carbonyl (C=O) groups excluding carboxylic acids is 1. The second-order valence-electron chi connectivity index (χ2n) is 11.5. The summed E-state index contributed by atoms with van der Waals surface area (Å²) in [6, 6.07) is 10.6. The molecule has 41 heavy (non-hydrogen) atoms. The lowest BCUT2D eigenvalue weighted by molar-refractivity contribution is 0.0361. The van der Waals surface area contributed by atoms with Crippen LogP contribution in [0.25, 0.3) is 11.3 Å². The molecule has 0 radical (unpaired) electrons. The number of hydrogen-bond acceptors (Lipinski definition) is 9. The molecule has 1 amide bonds. The van der Waals surface area contributed by atoms with E-state index in [0.717, 1.165) is 54.4 Å². The van der Waals surface area contributed by atoms with Gasteiger partial charge in [-0.3, -0.25) is 4.79 Å². The number of anilines is 2. The molecule has 0 unspecified atom stereocenters. The summed E-state index contributed by atoms with van der Waals surface area (Å²) in [5.74, 6) is 2.64. The van der Waals surface area contributed by atoms with Crippen LogP contribution in [0.3, 0.4) is 0 Å². The minimum atomic E-state index is -0.0606. The van der Waals surface area contributed by atoms with Gasteiger partial charge in [-0.05, 0) is 80.3 Å². The highest BCUT2D eigenvalue weighted by Crippen LogP contribution is 2.59. The molecule has 1 saturated carbocycles. The minimum Gasteiger partial charge on any atom is -0.495 e. The quantitative estimate of drug-likeness (QED) is 0.348. The van der Waals surface area contributed by atoms with E-state index in [2.05, 4.69) is 33.0 Å². The summed E-state index contributed by atoms with van der Waals surface area (Å²) in [6.07, 6.45) is 6.18. The van der Waals surface area contributed by atoms with Gasteiger partial charge in [0.25, 0.3) is 5.91 Å². The first-order valence-electron chi connectivity index (χ1n) is 14.4. The Hall–Kier alpha value is -3.37. The van der Waals surface area contributed by atoms with Crippen molar-refractivity contribution in [3.63, 3.8) is 0 Å². The topological polar surface area (TPSA) is 89.3 Å². The number of carbonyl (C=O) groups is 1. The summed E-state index contributed by atoms with van der Waals surface area (Å²) in [6.45, 7) is 3.56. The van der Waals surface area contributed by atoms with E-state index in [0.29, 0.717) is 30.3 Å². The van der Waals surface area contributed by atoms with E-state index in [-0.39, 0.29) is 17.4 Å². The van der Waals surface area contributed by atoms with E-state index >= 15 is 0 Å². The first kappa shape index (κ1) is 26.5. The zero-order valence-corrected chi connectivity index (χ0v) is 24.6. The summed E-state index contributed by atoms with van der Waals surface area (Å²) in [5, 5.41) is 4.47. The van der Waals surface area contributed by atoms with Crippen LogP contribution in [0.15, 0.2) is 39.8 Å². The molecule has 4 aliphatic rings. The number of methoxy groups -OCH3 is 2. The molecule has 1 aromatic heterocycles. The number of benzene rings is 2. The van der Waals surface area contributed by atoms with Crippen molar-refractivity contribution < 1.29 is 23.5 Å². The van der Waals surface area contributed by atoms with Gasteiger partial charge in [0.05, 0.1) is 14.2 Å². The van der Waals surface area contributed by atoms with Crippen molar-refractivity contribution in [1.29, 1.82) is 0 Å². The largest absolute Gasteiger partial charge is 0.495 e. The standard InChI is InChI=1S/C31H36N4O5S/c1-34(20-7-13-39-14-8-20)30(36)19-15-25(37-2)28(26(16-19)38-3)41-33-29-23-18-31(9-10-31)24-6-5-21(35-11-4-12-35)17-22(24)27(23)40-32-29/h5-6,15-17,20H,4,7-14,18H2,1-3H3,(H,32,33). The van der Waals surface area contributed by atoms with Gasteiger partial charge in [-0.1, -0.05) is 11.2 Å². The second kappa shape index (κ2) is 10.5. The number of amides is 1. The van der Waals surface area contributed by atoms with Gasteiger partial charge in [0.1, 0.15) is 16.4 Å². The zero-order chi connectivity index (χ0) is 28.1. The lowest BCUT2D eigenvalue weighted by Crippen LogP contribution is -2.40. The Kier molecular flexibility index (Phi) is 6.78. The van der Waals surface area contributed by atoms with Crippen LogP contribution in [0.5, 0.6) is 11.5 Å². The van der Waals surface area contributed by atoms with Crippen molar-refractivity contribution in [3.05, 3.63) is 47.0 Å². The second-order valence-corrected chi connectivity index (χ2v) is 12.4. The van der Waals surface area contributed by atoms with Crippen LogP contribution in [0.2, 0.25) is 0 Å². The average Bonchev–Trinajstić information content (AvgIpc) is 3.64. The van der Waals surface area contributed by atoms with E-state index in [4.69, 9.17) is 18.7 Å². The van der Waals surface area contributed by atoms with Crippen LogP contribution in [-0.4, -0.2) is 69.6 Å². The fourth-order valence-electron chi connectivity index (χ4n) is 6.39. The first-order valence-corrected chi connectivity index (χ1v) is 15.2. The Morgan fingerprint density at radius 1 is 1.12 bits per heavy atom. The Morgan fingerprint density at radius 2 is 1.85 bits per heavy atom. The van der Waals surface area contributed by atoms with E-state index in [1.54, 1.807) is 26.4 Å². The highest BCUT2D eigenvalue weighted by molar-refractivity contribution is 8.00. The molecule has 0 atom stereocenters. The van der Waals surface area contributed by atoms with Gasteiger partial charge in [0.15, 0.2) is 11.6 Å². The lowest BCUT2D eigenvalue weighted by Gasteiger charge is -2.34. The van der Waals surface area contributed by atoms with Gasteiger partial charge in [-0.25, -0.2) is 0 Å². The van der Waals surface area contributed by atoms with Crippen LogP contribution >= 0.6 is 11.9 Å². The predicted octanol–water partition coefficient (Wildman–Crippen LogP) is 5.53. The van der Waals surface area contributed by atoms with Crippen LogP contribution in [0.4, 0.5) is 11.5 Å². The molecule has 2 aliphatic heterocycles. The number of rotatable bonds is 8. The highest BCUT2D eigenvalue weighted by atomic mass is 32.2. The summed E-state index contributed by atoms with van der Waals surface area (Å²) in [7, 11) is 5.07. The molecule has 3 aromatic rings. The molecule has 3 fully saturated rings. The van der Waals surface area contributed by atoms with Gasteiger partial charge < -0.3 is 33.3 Å². The van der Waals surface area contributed by atoms with E-state index in [9.17, 15) is 4.79 Å². The van der Waals surface area contributed by atoms with Gasteiger partial charge in [0.2, 0.25) is 0 Å². The van der Waals surface area contributed by atoms with E-state index in [1.807, 2.05) is 11.9 Å². The van der Waals surface area contributed by atoms with Crippen molar-refractivity contribution in [2.24, 2.45) is 0 Å². The molecule has 2 aromatic carbocycles. The normalized spacial score (nSPS) is 18.8. The fourth-order valence-corrected chi connectivity index (χ4v) is 7.24. The monoisotopic (exact) mass is 576 g/mol. The van der Waals surface area contributed by atoms with Gasteiger partial charge in [-0.15, -0.1) is 0 Å². The third-order valence-corrected chi connectivity index (χ3v) is 10.1. The van der Waals surface area contributed by atoms with Gasteiger partial charge >= 0.3 is 0 Å². The van der Waals surface area contributed by atoms with E-state index < -0.39 is 0 Å². The van der Waals surface area contributed by atoms with Crippen molar-refractivity contribution in [2.75, 3.05) is 57.2 Å². The van der Waals surface area contributed by atoms with Crippen molar-refractivity contribution >= 4 is 29.4 Å². The molecule has 10 heteroatoms. The maximum absolute atomic E-state index is 13.4. The summed E-state index contributed by atoms with van der Waals surface area (Å²) >= 11 is 1.36. The molecule has 1 N–H and O–H groups in total. The maximum atomic E-state index is 13.4. The molecule has 9 nitrogen and oxygen atoms in total. The van der Waals surface area contributed by atoms with Crippen LogP contribution in [-0.2, 0) is 16.6 Å². The fraction of sp³-hybridized carbons (Fsp3) is 0.484.